The number of carbonyl (C=O) groups excluding carboxylic acids is 2. The summed E-state index contributed by atoms with van der Waals surface area (Å²) in [6, 6.07) is 14.5. The second-order valence-electron chi connectivity index (χ2n) is 9.91. The zero-order chi connectivity index (χ0) is 28.1. The summed E-state index contributed by atoms with van der Waals surface area (Å²) in [5, 5.41) is 14.9. The third-order valence-electron chi connectivity index (χ3n) is 7.29. The number of benzene rings is 2. The summed E-state index contributed by atoms with van der Waals surface area (Å²) in [7, 11) is 1.26. The van der Waals surface area contributed by atoms with Crippen molar-refractivity contribution in [2.24, 2.45) is 10.9 Å². The van der Waals surface area contributed by atoms with Crippen LogP contribution in [-0.2, 0) is 19.1 Å². The molecule has 0 bridgehead atoms. The maximum atomic E-state index is 13.5. The molecule has 3 atom stereocenters. The van der Waals surface area contributed by atoms with Crippen molar-refractivity contribution < 1.29 is 24.0 Å². The Morgan fingerprint density at radius 1 is 1.13 bits per heavy atom. The molecule has 2 aliphatic heterocycles. The number of hydrogen-bond donors (Lipinski definition) is 1. The molecule has 2 aromatic carbocycles. The molecule has 2 aliphatic rings. The molecule has 0 spiro atoms. The van der Waals surface area contributed by atoms with E-state index in [2.05, 4.69) is 47.6 Å². The van der Waals surface area contributed by atoms with Gasteiger partial charge in [-0.1, -0.05) is 48.0 Å². The molecule has 0 aromatic heterocycles. The number of hydrogen-bond acceptors (Lipinski definition) is 8. The van der Waals surface area contributed by atoms with Crippen LogP contribution in [0.2, 0.25) is 0 Å². The van der Waals surface area contributed by atoms with E-state index < -0.39 is 28.7 Å². The normalized spacial score (nSPS) is 21.1. The van der Waals surface area contributed by atoms with Crippen molar-refractivity contribution in [2.45, 2.75) is 45.6 Å². The van der Waals surface area contributed by atoms with Crippen LogP contribution in [0, 0.1) is 23.0 Å². The number of allylic oxidation sites excluding steroid dienone is 1. The Morgan fingerprint density at radius 3 is 2.56 bits per heavy atom. The maximum Gasteiger partial charge on any atom is 0.336 e. The van der Waals surface area contributed by atoms with Gasteiger partial charge in [0.15, 0.2) is 0 Å². The number of esters is 2. The molecule has 2 heterocycles. The van der Waals surface area contributed by atoms with Crippen LogP contribution in [0.5, 0.6) is 0 Å². The summed E-state index contributed by atoms with van der Waals surface area (Å²) in [5.74, 6) is -2.91. The highest BCUT2D eigenvalue weighted by Crippen LogP contribution is 2.41. The molecule has 0 radical (unpaired) electrons. The standard InChI is InChI=1S/C30H33N3O6/c1-18-8-10-21(11-9-18)22-12-14-31-24(16-22)13-15-39-30(35)27-20(3)32-19(2)26(29(34)38-4)28(27)23-6-5-7-25(17-23)33(36)37/h5-12,17,24,26,28,31H,13-16H2,1-4H3. The first-order valence-electron chi connectivity index (χ1n) is 12.9. The summed E-state index contributed by atoms with van der Waals surface area (Å²) >= 11 is 0. The lowest BCUT2D eigenvalue weighted by molar-refractivity contribution is -0.384. The Morgan fingerprint density at radius 2 is 1.87 bits per heavy atom. The van der Waals surface area contributed by atoms with E-state index in [1.165, 1.54) is 42.0 Å². The van der Waals surface area contributed by atoms with Crippen molar-refractivity contribution in [3.8, 4) is 0 Å². The fourth-order valence-electron chi connectivity index (χ4n) is 5.28. The Balaban J connectivity index is 1.51. The minimum absolute atomic E-state index is 0.135. The SMILES string of the molecule is COC(=O)C1C(C)=NC(C)=C(C(=O)OCCC2CC(c3ccc(C)cc3)=CCN2)C1c1cccc([N+](=O)[O-])c1. The molecule has 4 rings (SSSR count). The highest BCUT2D eigenvalue weighted by Gasteiger charge is 2.42. The van der Waals surface area contributed by atoms with Crippen molar-refractivity contribution in [1.82, 2.24) is 5.32 Å². The summed E-state index contributed by atoms with van der Waals surface area (Å²) in [6.45, 7) is 6.33. The van der Waals surface area contributed by atoms with Gasteiger partial charge in [0.25, 0.3) is 5.69 Å². The fourth-order valence-corrected chi connectivity index (χ4v) is 5.28. The van der Waals surface area contributed by atoms with Crippen LogP contribution in [0.1, 0.15) is 49.3 Å². The summed E-state index contributed by atoms with van der Waals surface area (Å²) < 4.78 is 10.8. The number of nitrogens with one attached hydrogen (secondary N) is 1. The molecule has 0 fully saturated rings. The van der Waals surface area contributed by atoms with Crippen molar-refractivity contribution in [2.75, 3.05) is 20.3 Å². The molecule has 9 heteroatoms. The van der Waals surface area contributed by atoms with Crippen molar-refractivity contribution in [1.29, 1.82) is 0 Å². The fraction of sp³-hybridized carbons (Fsp3) is 0.367. The number of methoxy groups -OCH3 is 1. The number of nitrogens with zero attached hydrogens (tertiary/aromatic N) is 2. The third kappa shape index (κ3) is 6.31. The first kappa shape index (κ1) is 27.9. The maximum absolute atomic E-state index is 13.5. The molecule has 0 amide bonds. The van der Waals surface area contributed by atoms with Gasteiger partial charge in [0.2, 0.25) is 0 Å². The van der Waals surface area contributed by atoms with Gasteiger partial charge in [-0.2, -0.15) is 0 Å². The van der Waals surface area contributed by atoms with Crippen LogP contribution in [0.3, 0.4) is 0 Å². The average molecular weight is 532 g/mol. The van der Waals surface area contributed by atoms with Crippen LogP contribution < -0.4 is 5.32 Å². The molecule has 3 unspecified atom stereocenters. The molecule has 1 N–H and O–H groups in total. The zero-order valence-corrected chi connectivity index (χ0v) is 22.6. The lowest BCUT2D eigenvalue weighted by atomic mass is 9.75. The van der Waals surface area contributed by atoms with Crippen LogP contribution in [0.25, 0.3) is 5.57 Å². The first-order chi connectivity index (χ1) is 18.7. The molecule has 0 saturated carbocycles. The van der Waals surface area contributed by atoms with Gasteiger partial charge in [0, 0.05) is 42.0 Å². The molecule has 0 aliphatic carbocycles. The summed E-state index contributed by atoms with van der Waals surface area (Å²) in [4.78, 5) is 41.7. The predicted octanol–water partition coefficient (Wildman–Crippen LogP) is 4.90. The van der Waals surface area contributed by atoms with Gasteiger partial charge in [-0.3, -0.25) is 19.9 Å². The van der Waals surface area contributed by atoms with Gasteiger partial charge >= 0.3 is 11.9 Å². The van der Waals surface area contributed by atoms with E-state index in [0.717, 1.165) is 13.0 Å². The third-order valence-corrected chi connectivity index (χ3v) is 7.29. The minimum Gasteiger partial charge on any atom is -0.468 e. The molecule has 9 nitrogen and oxygen atoms in total. The van der Waals surface area contributed by atoms with Crippen molar-refractivity contribution in [3.63, 3.8) is 0 Å². The molecule has 204 valence electrons. The number of rotatable bonds is 8. The van der Waals surface area contributed by atoms with Crippen molar-refractivity contribution >= 4 is 28.9 Å². The number of nitro groups is 1. The Bertz CT molecular complexity index is 1360. The number of ether oxygens (including phenoxy) is 2. The molecular weight excluding hydrogens is 498 g/mol. The van der Waals surface area contributed by atoms with Gasteiger partial charge in [-0.05, 0) is 50.3 Å². The molecule has 39 heavy (non-hydrogen) atoms. The monoisotopic (exact) mass is 531 g/mol. The number of non-ortho nitro benzene ring substituents is 1. The van der Waals surface area contributed by atoms with Crippen LogP contribution in [0.15, 0.2) is 70.9 Å². The molecule has 0 saturated heterocycles. The van der Waals surface area contributed by atoms with E-state index in [4.69, 9.17) is 9.47 Å². The number of nitro benzene ring substituents is 1. The van der Waals surface area contributed by atoms with E-state index in [-0.39, 0.29) is 23.9 Å². The topological polar surface area (TPSA) is 120 Å². The minimum atomic E-state index is -0.912. The second-order valence-corrected chi connectivity index (χ2v) is 9.91. The number of aliphatic imine (C=N–C) groups is 1. The van der Waals surface area contributed by atoms with Crippen LogP contribution >= 0.6 is 0 Å². The summed E-state index contributed by atoms with van der Waals surface area (Å²) in [5.41, 5.74) is 5.05. The Kier molecular flexibility index (Phi) is 8.71. The predicted molar refractivity (Wildman–Crippen MR) is 148 cm³/mol. The lowest BCUT2D eigenvalue weighted by Gasteiger charge is -2.31. The van der Waals surface area contributed by atoms with Gasteiger partial charge in [-0.25, -0.2) is 4.79 Å². The average Bonchev–Trinajstić information content (AvgIpc) is 2.92. The quantitative estimate of drug-likeness (QED) is 0.292. The lowest BCUT2D eigenvalue weighted by Crippen LogP contribution is -2.37. The van der Waals surface area contributed by atoms with Gasteiger partial charge in [0.1, 0.15) is 5.92 Å². The highest BCUT2D eigenvalue weighted by molar-refractivity contribution is 6.07. The molecular formula is C30H33N3O6. The Hall–Kier alpha value is -4.11. The van der Waals surface area contributed by atoms with E-state index >= 15 is 0 Å². The van der Waals surface area contributed by atoms with Gasteiger partial charge < -0.3 is 14.8 Å². The number of carbonyl (C=O) groups is 2. The summed E-state index contributed by atoms with van der Waals surface area (Å²) in [6.07, 6.45) is 3.60. The number of aryl methyl sites for hydroxylation is 1. The van der Waals surface area contributed by atoms with Gasteiger partial charge in [-0.15, -0.1) is 0 Å². The van der Waals surface area contributed by atoms with E-state index in [0.29, 0.717) is 23.4 Å². The van der Waals surface area contributed by atoms with Crippen LogP contribution in [-0.4, -0.2) is 48.9 Å². The van der Waals surface area contributed by atoms with Gasteiger partial charge in [0.05, 0.1) is 24.2 Å². The first-order valence-corrected chi connectivity index (χ1v) is 12.9. The van der Waals surface area contributed by atoms with E-state index in [1.54, 1.807) is 19.9 Å². The zero-order valence-electron chi connectivity index (χ0n) is 22.6. The Labute approximate surface area is 227 Å². The van der Waals surface area contributed by atoms with E-state index in [1.807, 2.05) is 0 Å². The highest BCUT2D eigenvalue weighted by atomic mass is 16.6. The molecule has 2 aromatic rings. The smallest absolute Gasteiger partial charge is 0.336 e. The van der Waals surface area contributed by atoms with Crippen molar-refractivity contribution in [3.05, 3.63) is 92.7 Å². The van der Waals surface area contributed by atoms with E-state index in [9.17, 15) is 19.7 Å². The largest absolute Gasteiger partial charge is 0.468 e. The van der Waals surface area contributed by atoms with Crippen LogP contribution in [0.4, 0.5) is 5.69 Å². The second kappa shape index (κ2) is 12.2.